The molecule has 1 saturated heterocycles. The van der Waals surface area contributed by atoms with Crippen LogP contribution in [0, 0.1) is 0 Å². The third-order valence-corrected chi connectivity index (χ3v) is 2.12. The Morgan fingerprint density at radius 2 is 2.50 bits per heavy atom. The molecule has 0 aliphatic carbocycles. The lowest BCUT2D eigenvalue weighted by atomic mass is 11.2. The number of ether oxygens (including phenoxy) is 2. The van der Waals surface area contributed by atoms with Gasteiger partial charge in [-0.15, -0.1) is 0 Å². The maximum Gasteiger partial charge on any atom is 0.773 e. The number of hydrogen-bond donors (Lipinski definition) is 0. The maximum atomic E-state index is 10.5. The second kappa shape index (κ2) is 2.83. The minimum atomic E-state index is -2.54. The van der Waals surface area contributed by atoms with Gasteiger partial charge in [-0.05, 0) is 11.6 Å². The summed E-state index contributed by atoms with van der Waals surface area (Å²) in [6.45, 7) is -0.185. The molecule has 5 nitrogen and oxygen atoms in total. The van der Waals surface area contributed by atoms with Crippen LogP contribution in [-0.2, 0) is 22.8 Å². The van der Waals surface area contributed by atoms with Crippen LogP contribution in [0.25, 0.3) is 0 Å². The number of hydrogen-bond acceptors (Lipinski definition) is 5. The molecular weight excluding hydrogens is 180 g/mol. The van der Waals surface area contributed by atoms with Crippen LogP contribution in [0.15, 0.2) is 0 Å². The third kappa shape index (κ3) is 1.66. The van der Waals surface area contributed by atoms with Crippen molar-refractivity contribution >= 4 is 20.8 Å². The molecule has 1 atom stereocenters. The fraction of sp³-hybridized carbons (Fsp3) is 1.00. The van der Waals surface area contributed by atoms with Crippen molar-refractivity contribution < 1.29 is 22.8 Å². The van der Waals surface area contributed by atoms with Gasteiger partial charge in [0.1, 0.15) is 0 Å². The SMILES string of the molecule is COC1(Cl)OCO[Si](=O)O1. The van der Waals surface area contributed by atoms with Crippen molar-refractivity contribution in [1.82, 2.24) is 0 Å². The Morgan fingerprint density at radius 1 is 1.80 bits per heavy atom. The van der Waals surface area contributed by atoms with Gasteiger partial charge >= 0.3 is 14.6 Å². The Hall–Kier alpha value is -0.173. The van der Waals surface area contributed by atoms with E-state index in [9.17, 15) is 4.46 Å². The van der Waals surface area contributed by atoms with Gasteiger partial charge in [0.05, 0.1) is 0 Å². The zero-order valence-corrected chi connectivity index (χ0v) is 6.88. The minimum absolute atomic E-state index is 0.185. The lowest BCUT2D eigenvalue weighted by Gasteiger charge is -2.27. The Kier molecular flexibility index (Phi) is 2.24. The Morgan fingerprint density at radius 3 is 2.90 bits per heavy atom. The van der Waals surface area contributed by atoms with Crippen molar-refractivity contribution in [2.45, 2.75) is 5.43 Å². The van der Waals surface area contributed by atoms with Gasteiger partial charge in [0, 0.05) is 7.11 Å². The summed E-state index contributed by atoms with van der Waals surface area (Å²) in [6, 6.07) is 0. The summed E-state index contributed by atoms with van der Waals surface area (Å²) in [6.07, 6.45) is 0. The second-order valence-electron chi connectivity index (χ2n) is 1.44. The number of alkyl halides is 1. The predicted molar refractivity (Wildman–Crippen MR) is 30.2 cm³/mol. The highest BCUT2D eigenvalue weighted by Gasteiger charge is 2.40. The van der Waals surface area contributed by atoms with Crippen LogP contribution in [0.1, 0.15) is 0 Å². The molecule has 0 aromatic rings. The van der Waals surface area contributed by atoms with E-state index in [4.69, 9.17) is 11.6 Å². The molecule has 0 aromatic carbocycles. The smallest absolute Gasteiger partial charge is 0.472 e. The first kappa shape index (κ1) is 7.93. The van der Waals surface area contributed by atoms with Gasteiger partial charge in [-0.25, -0.2) is 0 Å². The highest BCUT2D eigenvalue weighted by atomic mass is 35.5. The number of rotatable bonds is 1. The van der Waals surface area contributed by atoms with Crippen LogP contribution >= 0.6 is 11.6 Å². The standard InChI is InChI=1S/C3H5ClO5Si/c1-6-3(4)7-2-8-10(5)9-3/h2H2,1H3. The van der Waals surface area contributed by atoms with E-state index < -0.39 is 14.6 Å². The molecule has 0 saturated carbocycles. The number of methoxy groups -OCH3 is 1. The summed E-state index contributed by atoms with van der Waals surface area (Å²) in [5.41, 5.74) is -1.73. The van der Waals surface area contributed by atoms with E-state index in [0.717, 1.165) is 0 Å². The molecule has 0 N–H and O–H groups in total. The highest BCUT2D eigenvalue weighted by Crippen LogP contribution is 2.22. The molecule has 0 amide bonds. The fourth-order valence-electron chi connectivity index (χ4n) is 0.407. The van der Waals surface area contributed by atoms with Crippen molar-refractivity contribution in [3.05, 3.63) is 0 Å². The van der Waals surface area contributed by atoms with E-state index in [1.807, 2.05) is 0 Å². The van der Waals surface area contributed by atoms with E-state index in [1.54, 1.807) is 0 Å². The minimum Gasteiger partial charge on any atom is -0.472 e. The van der Waals surface area contributed by atoms with Crippen LogP contribution in [0.2, 0.25) is 0 Å². The second-order valence-corrected chi connectivity index (χ2v) is 2.90. The highest BCUT2D eigenvalue weighted by molar-refractivity contribution is 6.30. The van der Waals surface area contributed by atoms with Gasteiger partial charge in [0.2, 0.25) is 0 Å². The topological polar surface area (TPSA) is 54.0 Å². The van der Waals surface area contributed by atoms with E-state index in [2.05, 4.69) is 18.3 Å². The van der Waals surface area contributed by atoms with Crippen LogP contribution in [0.4, 0.5) is 0 Å². The van der Waals surface area contributed by atoms with Gasteiger partial charge in [-0.1, -0.05) is 0 Å². The molecule has 58 valence electrons. The molecule has 0 bridgehead atoms. The molecular formula is C3H5ClO5Si. The molecule has 10 heavy (non-hydrogen) atoms. The summed E-state index contributed by atoms with van der Waals surface area (Å²) >= 11 is 5.43. The lowest BCUT2D eigenvalue weighted by molar-refractivity contribution is -0.326. The van der Waals surface area contributed by atoms with E-state index >= 15 is 0 Å². The average Bonchev–Trinajstić information content (AvgIpc) is 1.88. The van der Waals surface area contributed by atoms with Crippen LogP contribution in [0.5, 0.6) is 0 Å². The molecule has 0 aromatic heterocycles. The number of halogens is 1. The summed E-state index contributed by atoms with van der Waals surface area (Å²) in [5.74, 6) is 0. The molecule has 0 spiro atoms. The first-order valence-corrected chi connectivity index (χ1v) is 4.00. The molecule has 1 aliphatic heterocycles. The van der Waals surface area contributed by atoms with Crippen LogP contribution < -0.4 is 0 Å². The molecule has 1 rings (SSSR count). The first-order chi connectivity index (χ1) is 4.66. The summed E-state index contributed by atoms with van der Waals surface area (Å²) in [7, 11) is -1.27. The monoisotopic (exact) mass is 184 g/mol. The summed E-state index contributed by atoms with van der Waals surface area (Å²) in [5, 5.41) is 0. The predicted octanol–water partition coefficient (Wildman–Crippen LogP) is -0.0808. The van der Waals surface area contributed by atoms with Crippen molar-refractivity contribution in [3.63, 3.8) is 0 Å². The average molecular weight is 185 g/mol. The van der Waals surface area contributed by atoms with E-state index in [-0.39, 0.29) is 6.79 Å². The van der Waals surface area contributed by atoms with Gasteiger partial charge in [-0.3, -0.25) is 9.20 Å². The lowest BCUT2D eigenvalue weighted by Crippen LogP contribution is -2.41. The summed E-state index contributed by atoms with van der Waals surface area (Å²) < 4.78 is 28.5. The largest absolute Gasteiger partial charge is 0.773 e. The van der Waals surface area contributed by atoms with Gasteiger partial charge in [0.15, 0.2) is 6.79 Å². The molecule has 1 aliphatic rings. The molecule has 0 radical (unpaired) electrons. The maximum absolute atomic E-state index is 10.5. The van der Waals surface area contributed by atoms with Crippen LogP contribution in [-0.4, -0.2) is 28.5 Å². The third-order valence-electron chi connectivity index (χ3n) is 0.857. The fourth-order valence-corrected chi connectivity index (χ4v) is 1.20. The Bertz CT molecular complexity index is 152. The van der Waals surface area contributed by atoms with Crippen molar-refractivity contribution in [2.75, 3.05) is 13.9 Å². The zero-order chi connectivity index (χ0) is 7.61. The first-order valence-electron chi connectivity index (χ1n) is 2.40. The van der Waals surface area contributed by atoms with E-state index in [1.165, 1.54) is 7.11 Å². The Balaban J connectivity index is 2.53. The van der Waals surface area contributed by atoms with Gasteiger partial charge in [0.25, 0.3) is 0 Å². The zero-order valence-electron chi connectivity index (χ0n) is 5.13. The van der Waals surface area contributed by atoms with Crippen molar-refractivity contribution in [3.8, 4) is 0 Å². The summed E-state index contributed by atoms with van der Waals surface area (Å²) in [4.78, 5) is 0. The quantitative estimate of drug-likeness (QED) is 0.422. The van der Waals surface area contributed by atoms with E-state index in [0.29, 0.717) is 0 Å². The molecule has 7 heteroatoms. The van der Waals surface area contributed by atoms with Crippen molar-refractivity contribution in [1.29, 1.82) is 0 Å². The van der Waals surface area contributed by atoms with Gasteiger partial charge in [-0.2, -0.15) is 0 Å². The molecule has 1 heterocycles. The molecule has 1 unspecified atom stereocenters. The molecule has 1 fully saturated rings. The van der Waals surface area contributed by atoms with Crippen LogP contribution in [0.3, 0.4) is 0 Å². The van der Waals surface area contributed by atoms with Gasteiger partial charge < -0.3 is 13.6 Å². The Labute approximate surface area is 63.7 Å². The normalized spacial score (nSPS) is 32.8. The van der Waals surface area contributed by atoms with Crippen molar-refractivity contribution in [2.24, 2.45) is 0 Å².